The quantitative estimate of drug-likeness (QED) is 0.112. The molecule has 0 bridgehead atoms. The second kappa shape index (κ2) is 7.34. The van der Waals surface area contributed by atoms with Gasteiger partial charge in [-0.15, -0.1) is 6.26 Å². The van der Waals surface area contributed by atoms with E-state index >= 15 is 0 Å². The number of rotatable bonds is 3. The molecular formula is C7H9NaO4. The van der Waals surface area contributed by atoms with Crippen molar-refractivity contribution in [3.05, 3.63) is 11.8 Å². The van der Waals surface area contributed by atoms with E-state index in [-0.39, 0.29) is 42.4 Å². The summed E-state index contributed by atoms with van der Waals surface area (Å²) < 4.78 is 4.43. The number of hydrogen-bond acceptors (Lipinski definition) is 4. The standard InChI is InChI=1S/C7H10O4.Na/c1-3-11-7(10)6(4-8)5(2)9;/h4,8H,3H2,1-2H3;/q;+1/p-1/b6-4-;. The first-order chi connectivity index (χ1) is 5.13. The van der Waals surface area contributed by atoms with Crippen LogP contribution in [0.3, 0.4) is 0 Å². The van der Waals surface area contributed by atoms with Crippen LogP contribution in [-0.2, 0) is 14.3 Å². The molecule has 0 saturated heterocycles. The zero-order valence-electron chi connectivity index (χ0n) is 7.42. The number of carbonyl (C=O) groups excluding carboxylic acids is 2. The number of ketones is 1. The van der Waals surface area contributed by atoms with Crippen LogP contribution in [0.5, 0.6) is 0 Å². The smallest absolute Gasteiger partial charge is 0.877 e. The molecule has 0 fully saturated rings. The van der Waals surface area contributed by atoms with Gasteiger partial charge in [0.05, 0.1) is 12.2 Å². The van der Waals surface area contributed by atoms with Gasteiger partial charge in [0, 0.05) is 0 Å². The summed E-state index contributed by atoms with van der Waals surface area (Å²) in [5.41, 5.74) is -0.438. The van der Waals surface area contributed by atoms with E-state index in [9.17, 15) is 14.7 Å². The summed E-state index contributed by atoms with van der Waals surface area (Å²) in [6.45, 7) is 2.89. The van der Waals surface area contributed by atoms with Gasteiger partial charge in [-0.3, -0.25) is 4.79 Å². The number of Topliss-reactive ketones (excluding diaryl/α,β-unsaturated/α-hetero) is 1. The molecule has 0 spiro atoms. The molecule has 0 amide bonds. The molecule has 0 heterocycles. The van der Waals surface area contributed by atoms with E-state index in [1.54, 1.807) is 6.92 Å². The number of esters is 1. The molecule has 0 aromatic heterocycles. The van der Waals surface area contributed by atoms with Gasteiger partial charge in [0.15, 0.2) is 5.78 Å². The Hall–Kier alpha value is -0.320. The van der Waals surface area contributed by atoms with Gasteiger partial charge in [-0.2, -0.15) is 0 Å². The van der Waals surface area contributed by atoms with E-state index < -0.39 is 17.3 Å². The maximum absolute atomic E-state index is 10.7. The number of carbonyl (C=O) groups is 2. The molecule has 0 radical (unpaired) electrons. The van der Waals surface area contributed by atoms with Gasteiger partial charge >= 0.3 is 35.5 Å². The van der Waals surface area contributed by atoms with Gasteiger partial charge in [-0.1, -0.05) is 0 Å². The van der Waals surface area contributed by atoms with Crippen molar-refractivity contribution in [2.45, 2.75) is 13.8 Å². The zero-order valence-corrected chi connectivity index (χ0v) is 9.42. The molecule has 0 unspecified atom stereocenters. The molecule has 0 atom stereocenters. The molecular weight excluding hydrogens is 171 g/mol. The molecule has 0 aliphatic rings. The van der Waals surface area contributed by atoms with E-state index in [0.29, 0.717) is 0 Å². The molecule has 12 heavy (non-hydrogen) atoms. The molecule has 0 aliphatic heterocycles. The molecule has 5 heteroatoms. The Bertz CT molecular complexity index is 198. The summed E-state index contributed by atoms with van der Waals surface area (Å²) in [6.07, 6.45) is 0.209. The average molecular weight is 180 g/mol. The van der Waals surface area contributed by atoms with Crippen molar-refractivity contribution in [2.75, 3.05) is 6.61 Å². The summed E-state index contributed by atoms with van der Waals surface area (Å²) in [6, 6.07) is 0. The average Bonchev–Trinajstić information content (AvgIpc) is 1.88. The molecule has 0 rings (SSSR count). The molecule has 0 N–H and O–H groups in total. The monoisotopic (exact) mass is 180 g/mol. The van der Waals surface area contributed by atoms with E-state index in [2.05, 4.69) is 4.74 Å². The van der Waals surface area contributed by atoms with Crippen molar-refractivity contribution in [1.29, 1.82) is 0 Å². The Morgan fingerprint density at radius 1 is 1.50 bits per heavy atom. The third kappa shape index (κ3) is 4.54. The fraction of sp³-hybridized carbons (Fsp3) is 0.429. The SMILES string of the molecule is CCOC(=O)/C(=C\[O-])C(C)=O.[Na+]. The van der Waals surface area contributed by atoms with E-state index in [0.717, 1.165) is 6.92 Å². The predicted octanol–water partition coefficient (Wildman–Crippen LogP) is -3.61. The van der Waals surface area contributed by atoms with Crippen LogP contribution >= 0.6 is 0 Å². The van der Waals surface area contributed by atoms with Crippen LogP contribution < -0.4 is 34.7 Å². The van der Waals surface area contributed by atoms with Crippen LogP contribution in [0.4, 0.5) is 0 Å². The zero-order chi connectivity index (χ0) is 8.85. The largest absolute Gasteiger partial charge is 1.00 e. The van der Waals surface area contributed by atoms with E-state index in [4.69, 9.17) is 0 Å². The van der Waals surface area contributed by atoms with Crippen molar-refractivity contribution in [3.8, 4) is 0 Å². The first-order valence-corrected chi connectivity index (χ1v) is 3.13. The van der Waals surface area contributed by atoms with Crippen LogP contribution in [0.1, 0.15) is 13.8 Å². The molecule has 0 aromatic carbocycles. The Morgan fingerprint density at radius 2 is 2.00 bits per heavy atom. The van der Waals surface area contributed by atoms with E-state index in [1.807, 2.05) is 0 Å². The van der Waals surface area contributed by atoms with Gasteiger partial charge in [-0.25, -0.2) is 4.79 Å². The summed E-state index contributed by atoms with van der Waals surface area (Å²) in [5, 5.41) is 10.1. The topological polar surface area (TPSA) is 66.4 Å². The van der Waals surface area contributed by atoms with Gasteiger partial charge in [0.1, 0.15) is 0 Å². The normalized spacial score (nSPS) is 10.0. The second-order valence-electron chi connectivity index (χ2n) is 1.81. The van der Waals surface area contributed by atoms with Crippen molar-refractivity contribution in [2.24, 2.45) is 0 Å². The first-order valence-electron chi connectivity index (χ1n) is 3.13. The first kappa shape index (κ1) is 14.2. The van der Waals surface area contributed by atoms with Crippen LogP contribution in [0.2, 0.25) is 0 Å². The van der Waals surface area contributed by atoms with Gasteiger partial charge < -0.3 is 9.84 Å². The minimum Gasteiger partial charge on any atom is -0.877 e. The Balaban J connectivity index is 0. The van der Waals surface area contributed by atoms with Crippen LogP contribution in [0, 0.1) is 0 Å². The molecule has 62 valence electrons. The Kier molecular flexibility index (Phi) is 8.69. The predicted molar refractivity (Wildman–Crippen MR) is 35.4 cm³/mol. The molecule has 0 aliphatic carbocycles. The van der Waals surface area contributed by atoms with Gasteiger partial charge in [0.25, 0.3) is 0 Å². The van der Waals surface area contributed by atoms with Crippen LogP contribution in [0.25, 0.3) is 0 Å². The fourth-order valence-corrected chi connectivity index (χ4v) is 0.484. The minimum absolute atomic E-state index is 0. The van der Waals surface area contributed by atoms with Crippen molar-refractivity contribution in [1.82, 2.24) is 0 Å². The summed E-state index contributed by atoms with van der Waals surface area (Å²) >= 11 is 0. The number of ether oxygens (including phenoxy) is 1. The maximum Gasteiger partial charge on any atom is 1.00 e. The van der Waals surface area contributed by atoms with Crippen molar-refractivity contribution >= 4 is 11.8 Å². The fourth-order valence-electron chi connectivity index (χ4n) is 0.484. The molecule has 0 aromatic rings. The summed E-state index contributed by atoms with van der Waals surface area (Å²) in [5.74, 6) is -1.42. The third-order valence-corrected chi connectivity index (χ3v) is 0.992. The molecule has 4 nitrogen and oxygen atoms in total. The van der Waals surface area contributed by atoms with Gasteiger partial charge in [-0.05, 0) is 13.8 Å². The van der Waals surface area contributed by atoms with Crippen molar-refractivity contribution < 1.29 is 49.0 Å². The minimum atomic E-state index is -0.852. The van der Waals surface area contributed by atoms with E-state index in [1.165, 1.54) is 0 Å². The third-order valence-electron chi connectivity index (χ3n) is 0.992. The second-order valence-corrected chi connectivity index (χ2v) is 1.81. The van der Waals surface area contributed by atoms with Crippen LogP contribution in [0.15, 0.2) is 11.8 Å². The van der Waals surface area contributed by atoms with Gasteiger partial charge in [0.2, 0.25) is 0 Å². The Labute approximate surface area is 92.9 Å². The van der Waals surface area contributed by atoms with Crippen molar-refractivity contribution in [3.63, 3.8) is 0 Å². The van der Waals surface area contributed by atoms with Crippen LogP contribution in [-0.4, -0.2) is 18.4 Å². The Morgan fingerprint density at radius 3 is 2.25 bits per heavy atom. The molecule has 0 saturated carbocycles. The summed E-state index contributed by atoms with van der Waals surface area (Å²) in [7, 11) is 0. The number of hydrogen-bond donors (Lipinski definition) is 0. The maximum atomic E-state index is 10.7. The summed E-state index contributed by atoms with van der Waals surface area (Å²) in [4.78, 5) is 21.2.